The van der Waals surface area contributed by atoms with Crippen LogP contribution in [0.15, 0.2) is 18.5 Å². The van der Waals surface area contributed by atoms with Crippen LogP contribution in [0.25, 0.3) is 5.65 Å². The molecule has 2 rings (SSSR count). The summed E-state index contributed by atoms with van der Waals surface area (Å²) in [5.74, 6) is -0.00433. The van der Waals surface area contributed by atoms with E-state index in [4.69, 9.17) is 5.14 Å². The van der Waals surface area contributed by atoms with Gasteiger partial charge in [0.15, 0.2) is 5.65 Å². The molecule has 104 valence electrons. The van der Waals surface area contributed by atoms with Crippen LogP contribution in [0.4, 0.5) is 0 Å². The Balaban J connectivity index is 1.84. The Bertz CT molecular complexity index is 665. The van der Waals surface area contributed by atoms with E-state index >= 15 is 0 Å². The first kappa shape index (κ1) is 13.9. The number of aryl methyl sites for hydroxylation is 1. The van der Waals surface area contributed by atoms with E-state index in [0.29, 0.717) is 19.5 Å². The molecule has 0 saturated heterocycles. The van der Waals surface area contributed by atoms with Crippen molar-refractivity contribution in [2.24, 2.45) is 5.14 Å². The second kappa shape index (κ2) is 5.64. The van der Waals surface area contributed by atoms with Gasteiger partial charge in [0.2, 0.25) is 10.0 Å². The van der Waals surface area contributed by atoms with Gasteiger partial charge in [0.05, 0.1) is 11.4 Å². The molecule has 0 spiro atoms. The summed E-state index contributed by atoms with van der Waals surface area (Å²) in [5, 5.41) is 12.3. The van der Waals surface area contributed by atoms with Crippen molar-refractivity contribution in [1.82, 2.24) is 19.9 Å². The maximum absolute atomic E-state index is 10.7. The molecule has 0 aliphatic heterocycles. The van der Waals surface area contributed by atoms with E-state index in [1.165, 1.54) is 0 Å². The highest BCUT2D eigenvalue weighted by Crippen LogP contribution is 2.04. The van der Waals surface area contributed by atoms with Crippen molar-refractivity contribution in [1.29, 1.82) is 0 Å². The number of hydrogen-bond donors (Lipinski definition) is 2. The SMILES string of the molecule is Cc1cc2ncc(CNCCCS(N)(=O)=O)cn2n1. The van der Waals surface area contributed by atoms with Gasteiger partial charge in [-0.2, -0.15) is 5.10 Å². The Labute approximate surface area is 111 Å². The maximum Gasteiger partial charge on any atom is 0.209 e. The molecule has 2 aromatic rings. The number of rotatable bonds is 6. The Morgan fingerprint density at radius 3 is 3.00 bits per heavy atom. The summed E-state index contributed by atoms with van der Waals surface area (Å²) >= 11 is 0. The van der Waals surface area contributed by atoms with E-state index < -0.39 is 10.0 Å². The maximum atomic E-state index is 10.7. The molecule has 0 fully saturated rings. The number of primary sulfonamides is 1. The molecular formula is C11H17N5O2S. The fourth-order valence-corrected chi connectivity index (χ4v) is 2.30. The lowest BCUT2D eigenvalue weighted by Gasteiger charge is -2.04. The summed E-state index contributed by atoms with van der Waals surface area (Å²) in [4.78, 5) is 4.28. The smallest absolute Gasteiger partial charge is 0.209 e. The van der Waals surface area contributed by atoms with Crippen molar-refractivity contribution in [3.63, 3.8) is 0 Å². The average Bonchev–Trinajstić information content (AvgIpc) is 2.66. The molecule has 0 radical (unpaired) electrons. The van der Waals surface area contributed by atoms with Gasteiger partial charge in [-0.15, -0.1) is 0 Å². The lowest BCUT2D eigenvalue weighted by molar-refractivity contribution is 0.590. The molecule has 7 nitrogen and oxygen atoms in total. The molecule has 0 aromatic carbocycles. The molecular weight excluding hydrogens is 266 g/mol. The second-order valence-corrected chi connectivity index (χ2v) is 6.18. The molecule has 19 heavy (non-hydrogen) atoms. The third-order valence-corrected chi connectivity index (χ3v) is 3.46. The first-order valence-corrected chi connectivity index (χ1v) is 7.68. The van der Waals surface area contributed by atoms with Crippen LogP contribution in [-0.4, -0.2) is 35.3 Å². The van der Waals surface area contributed by atoms with Gasteiger partial charge in [0.25, 0.3) is 0 Å². The van der Waals surface area contributed by atoms with Gasteiger partial charge < -0.3 is 5.32 Å². The molecule has 0 saturated carbocycles. The van der Waals surface area contributed by atoms with Gasteiger partial charge in [-0.1, -0.05) is 0 Å². The first-order chi connectivity index (χ1) is 8.94. The number of nitrogens with zero attached hydrogens (tertiary/aromatic N) is 3. The molecule has 0 bridgehead atoms. The minimum Gasteiger partial charge on any atom is -0.313 e. The summed E-state index contributed by atoms with van der Waals surface area (Å²) in [7, 11) is -3.36. The normalized spacial score (nSPS) is 12.1. The van der Waals surface area contributed by atoms with Crippen LogP contribution in [0.3, 0.4) is 0 Å². The predicted octanol–water partition coefficient (Wildman–Crippen LogP) is -0.194. The Morgan fingerprint density at radius 1 is 1.47 bits per heavy atom. The van der Waals surface area contributed by atoms with E-state index in [0.717, 1.165) is 16.9 Å². The molecule has 8 heteroatoms. The van der Waals surface area contributed by atoms with Gasteiger partial charge >= 0.3 is 0 Å². The molecule has 2 heterocycles. The number of fused-ring (bicyclic) bond motifs is 1. The average molecular weight is 283 g/mol. The number of nitrogens with two attached hydrogens (primary N) is 1. The molecule has 0 aliphatic rings. The van der Waals surface area contributed by atoms with Crippen molar-refractivity contribution in [3.8, 4) is 0 Å². The van der Waals surface area contributed by atoms with Crippen LogP contribution in [0.5, 0.6) is 0 Å². The van der Waals surface area contributed by atoms with Crippen LogP contribution in [0, 0.1) is 6.92 Å². The van der Waals surface area contributed by atoms with Gasteiger partial charge in [0, 0.05) is 30.6 Å². The Kier molecular flexibility index (Phi) is 4.13. The summed E-state index contributed by atoms with van der Waals surface area (Å²) in [5.41, 5.74) is 2.73. The van der Waals surface area contributed by atoms with Crippen molar-refractivity contribution < 1.29 is 8.42 Å². The van der Waals surface area contributed by atoms with E-state index in [1.807, 2.05) is 19.2 Å². The largest absolute Gasteiger partial charge is 0.313 e. The van der Waals surface area contributed by atoms with E-state index in [1.54, 1.807) is 10.7 Å². The molecule has 0 atom stereocenters. The van der Waals surface area contributed by atoms with Crippen molar-refractivity contribution >= 4 is 15.7 Å². The zero-order chi connectivity index (χ0) is 13.9. The summed E-state index contributed by atoms with van der Waals surface area (Å²) in [6, 6.07) is 1.91. The van der Waals surface area contributed by atoms with Crippen LogP contribution < -0.4 is 10.5 Å². The molecule has 0 amide bonds. The first-order valence-electron chi connectivity index (χ1n) is 5.96. The molecule has 0 aliphatic carbocycles. The van der Waals surface area contributed by atoms with Crippen LogP contribution >= 0.6 is 0 Å². The van der Waals surface area contributed by atoms with E-state index in [-0.39, 0.29) is 5.75 Å². The van der Waals surface area contributed by atoms with Gasteiger partial charge in [0.1, 0.15) is 0 Å². The lowest BCUT2D eigenvalue weighted by Crippen LogP contribution is -2.22. The number of sulfonamides is 1. The van der Waals surface area contributed by atoms with Crippen molar-refractivity contribution in [2.75, 3.05) is 12.3 Å². The molecule has 2 aromatic heterocycles. The van der Waals surface area contributed by atoms with Gasteiger partial charge in [-0.05, 0) is 19.9 Å². The zero-order valence-electron chi connectivity index (χ0n) is 10.7. The van der Waals surface area contributed by atoms with Crippen LogP contribution in [0.2, 0.25) is 0 Å². The van der Waals surface area contributed by atoms with Gasteiger partial charge in [-0.25, -0.2) is 23.1 Å². The minimum atomic E-state index is -3.36. The number of nitrogens with one attached hydrogen (secondary N) is 1. The predicted molar refractivity (Wildman–Crippen MR) is 72.0 cm³/mol. The highest BCUT2D eigenvalue weighted by atomic mass is 32.2. The second-order valence-electron chi connectivity index (χ2n) is 4.45. The molecule has 0 unspecified atom stereocenters. The Hall–Kier alpha value is -1.51. The monoisotopic (exact) mass is 283 g/mol. The van der Waals surface area contributed by atoms with Crippen LogP contribution in [-0.2, 0) is 16.6 Å². The van der Waals surface area contributed by atoms with Gasteiger partial charge in [-0.3, -0.25) is 0 Å². The summed E-state index contributed by atoms with van der Waals surface area (Å²) in [6.45, 7) is 3.12. The van der Waals surface area contributed by atoms with E-state index in [9.17, 15) is 8.42 Å². The lowest BCUT2D eigenvalue weighted by atomic mass is 10.3. The van der Waals surface area contributed by atoms with E-state index in [2.05, 4.69) is 15.4 Å². The zero-order valence-corrected chi connectivity index (χ0v) is 11.5. The standard InChI is InChI=1S/C11H17N5O2S/c1-9-5-11-14-7-10(8-16(11)15-9)6-13-3-2-4-19(12,17)18/h5,7-8,13H,2-4,6H2,1H3,(H2,12,17,18). The quantitative estimate of drug-likeness (QED) is 0.715. The minimum absolute atomic E-state index is 0.00433. The fourth-order valence-electron chi connectivity index (χ4n) is 1.76. The third-order valence-electron chi connectivity index (χ3n) is 2.60. The van der Waals surface area contributed by atoms with Crippen molar-refractivity contribution in [3.05, 3.63) is 29.7 Å². The third kappa shape index (κ3) is 4.27. The number of aromatic nitrogens is 3. The topological polar surface area (TPSA) is 102 Å². The highest BCUT2D eigenvalue weighted by molar-refractivity contribution is 7.89. The summed E-state index contributed by atoms with van der Waals surface area (Å²) in [6.07, 6.45) is 4.18. The number of hydrogen-bond acceptors (Lipinski definition) is 5. The Morgan fingerprint density at radius 2 is 2.26 bits per heavy atom. The highest BCUT2D eigenvalue weighted by Gasteiger charge is 2.02. The van der Waals surface area contributed by atoms with Crippen LogP contribution in [0.1, 0.15) is 17.7 Å². The summed E-state index contributed by atoms with van der Waals surface area (Å²) < 4.78 is 23.2. The fraction of sp³-hybridized carbons (Fsp3) is 0.455. The van der Waals surface area contributed by atoms with Crippen molar-refractivity contribution in [2.45, 2.75) is 19.9 Å². The molecule has 3 N–H and O–H groups in total.